The molecule has 0 saturated carbocycles. The molecule has 1 aromatic heterocycles. The van der Waals surface area contributed by atoms with Crippen LogP contribution in [0.15, 0.2) is 0 Å². The summed E-state index contributed by atoms with van der Waals surface area (Å²) in [6.45, 7) is 2.97. The average molecular weight is 282 g/mol. The smallest absolute Gasteiger partial charge is 0.267 e. The van der Waals surface area contributed by atoms with Crippen molar-refractivity contribution in [3.63, 3.8) is 0 Å². The zero-order valence-electron chi connectivity index (χ0n) is 10.7. The standard InChI is InChI=1S/C12H18N4O2S/c13-10-9(11(18)16-6-3-8(17)7-16)19-12(14-10)15-4-1-2-5-15/h8,17H,1-7,13H2. The minimum absolute atomic E-state index is 0.100. The van der Waals surface area contributed by atoms with Gasteiger partial charge in [-0.15, -0.1) is 0 Å². The zero-order chi connectivity index (χ0) is 13.4. The first-order valence-electron chi connectivity index (χ1n) is 6.64. The molecule has 3 rings (SSSR count). The van der Waals surface area contributed by atoms with E-state index in [0.717, 1.165) is 18.2 Å². The van der Waals surface area contributed by atoms with Crippen LogP contribution in [0.1, 0.15) is 28.9 Å². The van der Waals surface area contributed by atoms with Gasteiger partial charge in [0.25, 0.3) is 5.91 Å². The van der Waals surface area contributed by atoms with Crippen LogP contribution in [-0.4, -0.2) is 53.2 Å². The highest BCUT2D eigenvalue weighted by Gasteiger charge is 2.29. The molecule has 0 spiro atoms. The van der Waals surface area contributed by atoms with Crippen LogP contribution in [0.2, 0.25) is 0 Å². The molecule has 104 valence electrons. The zero-order valence-corrected chi connectivity index (χ0v) is 11.5. The molecule has 2 aliphatic rings. The minimum Gasteiger partial charge on any atom is -0.391 e. The van der Waals surface area contributed by atoms with Crippen molar-refractivity contribution in [3.8, 4) is 0 Å². The first-order chi connectivity index (χ1) is 9.15. The Kier molecular flexibility index (Phi) is 3.32. The third kappa shape index (κ3) is 2.40. The average Bonchev–Trinajstić information content (AvgIpc) is 3.07. The fourth-order valence-electron chi connectivity index (χ4n) is 2.59. The van der Waals surface area contributed by atoms with Crippen LogP contribution in [0.4, 0.5) is 10.9 Å². The number of aliphatic hydroxyl groups is 1. The summed E-state index contributed by atoms with van der Waals surface area (Å²) < 4.78 is 0. The Morgan fingerprint density at radius 2 is 2.11 bits per heavy atom. The molecule has 1 atom stereocenters. The van der Waals surface area contributed by atoms with Gasteiger partial charge in [-0.25, -0.2) is 4.98 Å². The molecule has 0 aromatic carbocycles. The Morgan fingerprint density at radius 3 is 2.74 bits per heavy atom. The molecular weight excluding hydrogens is 264 g/mol. The van der Waals surface area contributed by atoms with Crippen LogP contribution in [-0.2, 0) is 0 Å². The van der Waals surface area contributed by atoms with Gasteiger partial charge in [0.1, 0.15) is 10.7 Å². The molecule has 2 aliphatic heterocycles. The number of hydrogen-bond donors (Lipinski definition) is 2. The lowest BCUT2D eigenvalue weighted by Crippen LogP contribution is -2.29. The van der Waals surface area contributed by atoms with Gasteiger partial charge in [-0.3, -0.25) is 4.79 Å². The van der Waals surface area contributed by atoms with Gasteiger partial charge in [0.15, 0.2) is 5.13 Å². The monoisotopic (exact) mass is 282 g/mol. The summed E-state index contributed by atoms with van der Waals surface area (Å²) in [7, 11) is 0. The molecule has 0 radical (unpaired) electrons. The number of nitrogen functional groups attached to an aromatic ring is 1. The predicted octanol–water partition coefficient (Wildman–Crippen LogP) is 0.532. The highest BCUT2D eigenvalue weighted by Crippen LogP contribution is 2.31. The van der Waals surface area contributed by atoms with Crippen molar-refractivity contribution < 1.29 is 9.90 Å². The number of rotatable bonds is 2. The lowest BCUT2D eigenvalue weighted by Gasteiger charge is -2.14. The summed E-state index contributed by atoms with van der Waals surface area (Å²) in [5, 5.41) is 10.3. The minimum atomic E-state index is -0.406. The van der Waals surface area contributed by atoms with Crippen molar-refractivity contribution in [3.05, 3.63) is 4.88 Å². The number of carbonyl (C=O) groups excluding carboxylic acids is 1. The van der Waals surface area contributed by atoms with Crippen molar-refractivity contribution in [2.45, 2.75) is 25.4 Å². The maximum absolute atomic E-state index is 12.3. The van der Waals surface area contributed by atoms with E-state index in [1.54, 1.807) is 4.90 Å². The van der Waals surface area contributed by atoms with Gasteiger partial charge in [-0.1, -0.05) is 11.3 Å². The Balaban J connectivity index is 1.78. The molecule has 3 heterocycles. The number of anilines is 2. The summed E-state index contributed by atoms with van der Waals surface area (Å²) in [5.41, 5.74) is 5.87. The maximum Gasteiger partial charge on any atom is 0.267 e. The Bertz CT molecular complexity index is 484. The molecule has 1 amide bonds. The maximum atomic E-state index is 12.3. The first kappa shape index (κ1) is 12.7. The van der Waals surface area contributed by atoms with Gasteiger partial charge < -0.3 is 20.6 Å². The number of thiazole rings is 1. The van der Waals surface area contributed by atoms with Crippen molar-refractivity contribution in [2.75, 3.05) is 36.8 Å². The fraction of sp³-hybridized carbons (Fsp3) is 0.667. The van der Waals surface area contributed by atoms with E-state index in [-0.39, 0.29) is 5.91 Å². The molecule has 7 heteroatoms. The number of β-amino-alcohol motifs (C(OH)–C–C–N with tert-alkyl or cyclic N) is 1. The highest BCUT2D eigenvalue weighted by molar-refractivity contribution is 7.18. The van der Waals surface area contributed by atoms with Crippen LogP contribution in [0.3, 0.4) is 0 Å². The third-order valence-electron chi connectivity index (χ3n) is 3.66. The van der Waals surface area contributed by atoms with Gasteiger partial charge in [0.2, 0.25) is 0 Å². The molecular formula is C12H18N4O2S. The van der Waals surface area contributed by atoms with Gasteiger partial charge >= 0.3 is 0 Å². The van der Waals surface area contributed by atoms with E-state index in [9.17, 15) is 9.90 Å². The molecule has 6 nitrogen and oxygen atoms in total. The third-order valence-corrected chi connectivity index (χ3v) is 4.78. The van der Waals surface area contributed by atoms with E-state index in [1.807, 2.05) is 0 Å². The normalized spacial score (nSPS) is 23.3. The van der Waals surface area contributed by atoms with Crippen molar-refractivity contribution >= 4 is 28.2 Å². The van der Waals surface area contributed by atoms with Gasteiger partial charge in [0, 0.05) is 26.2 Å². The molecule has 0 bridgehead atoms. The summed E-state index contributed by atoms with van der Waals surface area (Å²) in [4.78, 5) is 21.0. The second-order valence-corrected chi connectivity index (χ2v) is 6.08. The number of nitrogens with zero attached hydrogens (tertiary/aromatic N) is 3. The van der Waals surface area contributed by atoms with E-state index < -0.39 is 6.10 Å². The number of hydrogen-bond acceptors (Lipinski definition) is 6. The van der Waals surface area contributed by atoms with Gasteiger partial charge in [-0.05, 0) is 19.3 Å². The molecule has 0 aliphatic carbocycles. The van der Waals surface area contributed by atoms with E-state index in [4.69, 9.17) is 5.73 Å². The van der Waals surface area contributed by atoms with E-state index in [2.05, 4.69) is 9.88 Å². The van der Waals surface area contributed by atoms with E-state index >= 15 is 0 Å². The van der Waals surface area contributed by atoms with Crippen LogP contribution in [0.25, 0.3) is 0 Å². The molecule has 1 unspecified atom stereocenters. The van der Waals surface area contributed by atoms with Crippen molar-refractivity contribution in [2.24, 2.45) is 0 Å². The van der Waals surface area contributed by atoms with Crippen LogP contribution in [0.5, 0.6) is 0 Å². The topological polar surface area (TPSA) is 82.7 Å². The lowest BCUT2D eigenvalue weighted by molar-refractivity contribution is 0.0770. The highest BCUT2D eigenvalue weighted by atomic mass is 32.1. The van der Waals surface area contributed by atoms with Crippen LogP contribution in [0, 0.1) is 0 Å². The predicted molar refractivity (Wildman–Crippen MR) is 74.5 cm³/mol. The van der Waals surface area contributed by atoms with Crippen LogP contribution < -0.4 is 10.6 Å². The second kappa shape index (κ2) is 4.97. The fourth-order valence-corrected chi connectivity index (χ4v) is 3.59. The quantitative estimate of drug-likeness (QED) is 0.827. The number of likely N-dealkylation sites (tertiary alicyclic amines) is 1. The Hall–Kier alpha value is -1.34. The lowest BCUT2D eigenvalue weighted by atomic mass is 10.3. The summed E-state index contributed by atoms with van der Waals surface area (Å²) in [5.74, 6) is 0.218. The molecule has 2 fully saturated rings. The SMILES string of the molecule is Nc1nc(N2CCCC2)sc1C(=O)N1CCC(O)C1. The van der Waals surface area contributed by atoms with E-state index in [0.29, 0.717) is 30.2 Å². The van der Waals surface area contributed by atoms with Crippen LogP contribution >= 0.6 is 11.3 Å². The number of nitrogens with two attached hydrogens (primary N) is 1. The number of aromatic nitrogens is 1. The van der Waals surface area contributed by atoms with Gasteiger partial charge in [-0.2, -0.15) is 0 Å². The molecule has 1 aromatic rings. The first-order valence-corrected chi connectivity index (χ1v) is 7.45. The molecule has 2 saturated heterocycles. The number of carbonyl (C=O) groups is 1. The largest absolute Gasteiger partial charge is 0.391 e. The Morgan fingerprint density at radius 1 is 1.37 bits per heavy atom. The van der Waals surface area contributed by atoms with Crippen molar-refractivity contribution in [1.82, 2.24) is 9.88 Å². The Labute approximate surface area is 115 Å². The molecule has 19 heavy (non-hydrogen) atoms. The van der Waals surface area contributed by atoms with Crippen molar-refractivity contribution in [1.29, 1.82) is 0 Å². The van der Waals surface area contributed by atoms with Gasteiger partial charge in [0.05, 0.1) is 6.10 Å². The van der Waals surface area contributed by atoms with E-state index in [1.165, 1.54) is 24.2 Å². The number of amides is 1. The molecule has 3 N–H and O–H groups in total. The second-order valence-electron chi connectivity index (χ2n) is 5.10. The summed E-state index contributed by atoms with van der Waals surface area (Å²) >= 11 is 1.37. The summed E-state index contributed by atoms with van der Waals surface area (Å²) in [6.07, 6.45) is 2.57. The summed E-state index contributed by atoms with van der Waals surface area (Å²) in [6, 6.07) is 0. The number of aliphatic hydroxyl groups excluding tert-OH is 1.